The van der Waals surface area contributed by atoms with Crippen LogP contribution in [-0.4, -0.2) is 39.6 Å². The third-order valence-corrected chi connectivity index (χ3v) is 3.83. The molecule has 0 aliphatic rings. The first kappa shape index (κ1) is 18.2. The highest BCUT2D eigenvalue weighted by atomic mass is 16.4. The number of carbonyl (C=O) groups is 1. The van der Waals surface area contributed by atoms with E-state index in [0.717, 1.165) is 19.4 Å². The first-order chi connectivity index (χ1) is 11.4. The Morgan fingerprint density at radius 2 is 2.12 bits per heavy atom. The van der Waals surface area contributed by atoms with Gasteiger partial charge in [-0.05, 0) is 45.4 Å². The van der Waals surface area contributed by atoms with E-state index >= 15 is 0 Å². The summed E-state index contributed by atoms with van der Waals surface area (Å²) >= 11 is 0. The molecule has 7 heteroatoms. The molecule has 0 aliphatic heterocycles. The fourth-order valence-electron chi connectivity index (χ4n) is 2.25. The Bertz CT molecular complexity index is 634. The van der Waals surface area contributed by atoms with Crippen LogP contribution in [0.4, 0.5) is 0 Å². The van der Waals surface area contributed by atoms with Crippen LogP contribution in [0.3, 0.4) is 0 Å². The molecular weight excluding hydrogens is 308 g/mol. The molecule has 0 saturated heterocycles. The maximum atomic E-state index is 12.3. The molecule has 0 bridgehead atoms. The molecule has 0 unspecified atom stereocenters. The van der Waals surface area contributed by atoms with Crippen molar-refractivity contribution >= 4 is 5.91 Å². The van der Waals surface area contributed by atoms with Crippen LogP contribution in [0.1, 0.15) is 46.4 Å². The van der Waals surface area contributed by atoms with Crippen LogP contribution in [0.15, 0.2) is 27.2 Å². The smallest absolute Gasteiger partial charge is 0.283 e. The van der Waals surface area contributed by atoms with Gasteiger partial charge in [-0.2, -0.15) is 0 Å². The van der Waals surface area contributed by atoms with Gasteiger partial charge in [0.05, 0.1) is 19.4 Å². The zero-order valence-corrected chi connectivity index (χ0v) is 14.8. The number of carbonyl (C=O) groups excluding carboxylic acids is 1. The summed E-state index contributed by atoms with van der Waals surface area (Å²) in [6, 6.07) is 3.53. The van der Waals surface area contributed by atoms with Crippen molar-refractivity contribution in [1.29, 1.82) is 0 Å². The molecule has 1 N–H and O–H groups in total. The summed E-state index contributed by atoms with van der Waals surface area (Å²) in [5, 5.41) is 11.1. The second-order valence-electron chi connectivity index (χ2n) is 6.47. The second-order valence-corrected chi connectivity index (χ2v) is 6.47. The predicted molar refractivity (Wildman–Crippen MR) is 90.1 cm³/mol. The van der Waals surface area contributed by atoms with Gasteiger partial charge in [0.25, 0.3) is 5.89 Å². The molecule has 0 spiro atoms. The fraction of sp³-hybridized carbons (Fsp3) is 0.588. The van der Waals surface area contributed by atoms with Crippen molar-refractivity contribution in [2.45, 2.75) is 52.6 Å². The van der Waals surface area contributed by atoms with Gasteiger partial charge in [0.2, 0.25) is 11.8 Å². The van der Waals surface area contributed by atoms with E-state index in [1.807, 2.05) is 18.7 Å². The highest BCUT2D eigenvalue weighted by Gasteiger charge is 2.21. The summed E-state index contributed by atoms with van der Waals surface area (Å²) in [5.41, 5.74) is -0.202. The number of hydrogen-bond donors (Lipinski definition) is 1. The first-order valence-electron chi connectivity index (χ1n) is 8.33. The minimum atomic E-state index is -0.202. The van der Waals surface area contributed by atoms with Crippen LogP contribution in [0.5, 0.6) is 0 Å². The molecule has 0 aliphatic carbocycles. The largest absolute Gasteiger partial charge is 0.459 e. The van der Waals surface area contributed by atoms with Crippen molar-refractivity contribution in [2.24, 2.45) is 0 Å². The summed E-state index contributed by atoms with van der Waals surface area (Å²) in [6.45, 7) is 9.67. The molecule has 0 aromatic carbocycles. The van der Waals surface area contributed by atoms with E-state index in [0.29, 0.717) is 30.6 Å². The van der Waals surface area contributed by atoms with Gasteiger partial charge >= 0.3 is 0 Å². The number of nitrogens with zero attached hydrogens (tertiary/aromatic N) is 3. The van der Waals surface area contributed by atoms with E-state index in [4.69, 9.17) is 8.83 Å². The molecule has 0 saturated carbocycles. The van der Waals surface area contributed by atoms with Crippen molar-refractivity contribution in [3.8, 4) is 11.7 Å². The van der Waals surface area contributed by atoms with Gasteiger partial charge in [-0.3, -0.25) is 9.69 Å². The van der Waals surface area contributed by atoms with Crippen LogP contribution in [0.25, 0.3) is 11.7 Å². The van der Waals surface area contributed by atoms with Crippen molar-refractivity contribution < 1.29 is 13.6 Å². The topological polar surface area (TPSA) is 84.4 Å². The SMILES string of the molecule is CCCN(CC(=O)NC(C)(C)CC)Cc1nnc(-c2ccco2)o1. The molecule has 2 aromatic heterocycles. The van der Waals surface area contributed by atoms with Gasteiger partial charge in [-0.25, -0.2) is 0 Å². The minimum Gasteiger partial charge on any atom is -0.459 e. The van der Waals surface area contributed by atoms with Crippen molar-refractivity contribution in [1.82, 2.24) is 20.4 Å². The maximum absolute atomic E-state index is 12.3. The molecule has 2 rings (SSSR count). The maximum Gasteiger partial charge on any atom is 0.283 e. The number of hydrogen-bond acceptors (Lipinski definition) is 6. The van der Waals surface area contributed by atoms with Gasteiger partial charge in [-0.1, -0.05) is 13.8 Å². The Kier molecular flexibility index (Phi) is 6.14. The third-order valence-electron chi connectivity index (χ3n) is 3.83. The van der Waals surface area contributed by atoms with Crippen molar-refractivity contribution in [3.63, 3.8) is 0 Å². The van der Waals surface area contributed by atoms with Crippen molar-refractivity contribution in [2.75, 3.05) is 13.1 Å². The van der Waals surface area contributed by atoms with Crippen LogP contribution in [-0.2, 0) is 11.3 Å². The Morgan fingerprint density at radius 1 is 1.33 bits per heavy atom. The third kappa shape index (κ3) is 5.19. The number of amides is 1. The molecule has 0 atom stereocenters. The van der Waals surface area contributed by atoms with E-state index in [1.165, 1.54) is 0 Å². The van der Waals surface area contributed by atoms with Crippen LogP contribution in [0, 0.1) is 0 Å². The Hall–Kier alpha value is -2.15. The van der Waals surface area contributed by atoms with E-state index in [1.54, 1.807) is 18.4 Å². The standard InChI is InChI=1S/C17H26N4O3/c1-5-9-21(11-14(22)18-17(3,4)6-2)12-15-19-20-16(24-15)13-8-7-10-23-13/h7-8,10H,5-6,9,11-12H2,1-4H3,(H,18,22). The van der Waals surface area contributed by atoms with Crippen LogP contribution >= 0.6 is 0 Å². The summed E-state index contributed by atoms with van der Waals surface area (Å²) in [4.78, 5) is 14.3. The summed E-state index contributed by atoms with van der Waals surface area (Å²) in [6.07, 6.45) is 3.37. The Morgan fingerprint density at radius 3 is 2.75 bits per heavy atom. The normalized spacial score (nSPS) is 11.9. The second kappa shape index (κ2) is 8.10. The Labute approximate surface area is 142 Å². The quantitative estimate of drug-likeness (QED) is 0.759. The monoisotopic (exact) mass is 334 g/mol. The number of aromatic nitrogens is 2. The van der Waals surface area contributed by atoms with Gasteiger partial charge < -0.3 is 14.2 Å². The highest BCUT2D eigenvalue weighted by Crippen LogP contribution is 2.18. The first-order valence-corrected chi connectivity index (χ1v) is 8.33. The Balaban J connectivity index is 1.97. The van der Waals surface area contributed by atoms with Crippen LogP contribution in [0.2, 0.25) is 0 Å². The molecule has 7 nitrogen and oxygen atoms in total. The van der Waals surface area contributed by atoms with Crippen molar-refractivity contribution in [3.05, 3.63) is 24.3 Å². The lowest BCUT2D eigenvalue weighted by Crippen LogP contribution is -2.47. The zero-order chi connectivity index (χ0) is 17.6. The molecular formula is C17H26N4O3. The highest BCUT2D eigenvalue weighted by molar-refractivity contribution is 5.78. The van der Waals surface area contributed by atoms with Gasteiger partial charge in [0.1, 0.15) is 0 Å². The number of rotatable bonds is 9. The van der Waals surface area contributed by atoms with E-state index in [2.05, 4.69) is 29.4 Å². The molecule has 2 aromatic rings. The average Bonchev–Trinajstić information content (AvgIpc) is 3.17. The summed E-state index contributed by atoms with van der Waals surface area (Å²) in [5.74, 6) is 1.36. The van der Waals surface area contributed by atoms with Gasteiger partial charge in [0.15, 0.2) is 5.76 Å². The summed E-state index contributed by atoms with van der Waals surface area (Å²) < 4.78 is 10.9. The fourth-order valence-corrected chi connectivity index (χ4v) is 2.25. The van der Waals surface area contributed by atoms with E-state index in [9.17, 15) is 4.79 Å². The minimum absolute atomic E-state index is 0.000994. The molecule has 0 fully saturated rings. The molecule has 0 radical (unpaired) electrons. The number of nitrogens with one attached hydrogen (secondary N) is 1. The van der Waals surface area contributed by atoms with Gasteiger partial charge in [0, 0.05) is 5.54 Å². The lowest BCUT2D eigenvalue weighted by atomic mass is 10.0. The average molecular weight is 334 g/mol. The zero-order valence-electron chi connectivity index (χ0n) is 14.8. The molecule has 2 heterocycles. The number of furan rings is 1. The lowest BCUT2D eigenvalue weighted by Gasteiger charge is -2.27. The molecule has 132 valence electrons. The lowest BCUT2D eigenvalue weighted by molar-refractivity contribution is -0.124. The van der Waals surface area contributed by atoms with E-state index in [-0.39, 0.29) is 11.4 Å². The summed E-state index contributed by atoms with van der Waals surface area (Å²) in [7, 11) is 0. The van der Waals surface area contributed by atoms with Crippen LogP contribution < -0.4 is 5.32 Å². The van der Waals surface area contributed by atoms with Gasteiger partial charge in [-0.15, -0.1) is 10.2 Å². The molecule has 1 amide bonds. The van der Waals surface area contributed by atoms with E-state index < -0.39 is 0 Å². The predicted octanol–water partition coefficient (Wildman–Crippen LogP) is 2.85. The molecule has 24 heavy (non-hydrogen) atoms.